The molecule has 3 nitrogen and oxygen atoms in total. The van der Waals surface area contributed by atoms with E-state index in [9.17, 15) is 0 Å². The highest BCUT2D eigenvalue weighted by Gasteiger charge is 2.20. The molecular weight excluding hydrogens is 210 g/mol. The number of aryl methyl sites for hydroxylation is 1. The van der Waals surface area contributed by atoms with E-state index in [0.717, 1.165) is 37.7 Å². The maximum atomic E-state index is 5.76. The van der Waals surface area contributed by atoms with Gasteiger partial charge in [-0.2, -0.15) is 0 Å². The van der Waals surface area contributed by atoms with E-state index >= 15 is 0 Å². The summed E-state index contributed by atoms with van der Waals surface area (Å²) in [5, 5.41) is 0. The van der Waals surface area contributed by atoms with Crippen molar-refractivity contribution in [3.05, 3.63) is 23.4 Å². The molecule has 1 aliphatic rings. The van der Waals surface area contributed by atoms with Crippen LogP contribution in [0.5, 0.6) is 0 Å². The third-order valence-electron chi connectivity index (χ3n) is 3.41. The molecule has 17 heavy (non-hydrogen) atoms. The molecule has 1 aromatic rings. The van der Waals surface area contributed by atoms with Crippen LogP contribution in [0.25, 0.3) is 0 Å². The van der Waals surface area contributed by atoms with Crippen molar-refractivity contribution < 1.29 is 0 Å². The number of hydrogen-bond donors (Lipinski definition) is 1. The Balaban J connectivity index is 2.23. The van der Waals surface area contributed by atoms with Crippen LogP contribution >= 0.6 is 0 Å². The molecule has 94 valence electrons. The van der Waals surface area contributed by atoms with Crippen molar-refractivity contribution in [1.29, 1.82) is 0 Å². The molecule has 1 aromatic heterocycles. The van der Waals surface area contributed by atoms with Crippen molar-refractivity contribution in [2.24, 2.45) is 11.7 Å². The van der Waals surface area contributed by atoms with Crippen LogP contribution in [0.1, 0.15) is 37.9 Å². The van der Waals surface area contributed by atoms with Gasteiger partial charge in [-0.25, -0.2) is 4.98 Å². The fraction of sp³-hybridized carbons (Fsp3) is 0.643. The molecule has 0 saturated carbocycles. The second-order valence-electron chi connectivity index (χ2n) is 5.12. The first-order valence-corrected chi connectivity index (χ1v) is 6.67. The number of rotatable bonds is 4. The van der Waals surface area contributed by atoms with Crippen molar-refractivity contribution in [2.45, 2.75) is 39.7 Å². The van der Waals surface area contributed by atoms with Gasteiger partial charge in [0.05, 0.1) is 0 Å². The molecule has 1 atom stereocenters. The Bertz CT molecular complexity index is 376. The van der Waals surface area contributed by atoms with E-state index in [1.54, 1.807) is 0 Å². The summed E-state index contributed by atoms with van der Waals surface area (Å²) in [4.78, 5) is 7.15. The molecule has 2 heterocycles. The smallest absolute Gasteiger partial charge is 0.129 e. The molecule has 1 unspecified atom stereocenters. The first-order chi connectivity index (χ1) is 8.22. The molecule has 0 aliphatic carbocycles. The highest BCUT2D eigenvalue weighted by Crippen LogP contribution is 2.23. The highest BCUT2D eigenvalue weighted by atomic mass is 15.2. The van der Waals surface area contributed by atoms with Crippen LogP contribution in [0.2, 0.25) is 0 Å². The lowest BCUT2D eigenvalue weighted by Crippen LogP contribution is -2.21. The molecule has 2 N–H and O–H groups in total. The van der Waals surface area contributed by atoms with Gasteiger partial charge in [-0.15, -0.1) is 0 Å². The summed E-state index contributed by atoms with van der Waals surface area (Å²) in [6.45, 7) is 7.37. The van der Waals surface area contributed by atoms with Gasteiger partial charge >= 0.3 is 0 Å². The fourth-order valence-corrected chi connectivity index (χ4v) is 2.44. The van der Waals surface area contributed by atoms with Gasteiger partial charge < -0.3 is 10.6 Å². The number of pyridine rings is 1. The van der Waals surface area contributed by atoms with E-state index in [-0.39, 0.29) is 0 Å². The lowest BCUT2D eigenvalue weighted by atomic mass is 10.1. The average molecular weight is 233 g/mol. The first kappa shape index (κ1) is 12.4. The van der Waals surface area contributed by atoms with Gasteiger partial charge in [-0.1, -0.05) is 20.3 Å². The predicted octanol–water partition coefficient (Wildman–Crippen LogP) is 2.34. The molecular formula is C14H23N3. The number of nitrogens with two attached hydrogens (primary N) is 1. The Morgan fingerprint density at radius 2 is 2.29 bits per heavy atom. The van der Waals surface area contributed by atoms with Gasteiger partial charge in [0.15, 0.2) is 0 Å². The van der Waals surface area contributed by atoms with Crippen molar-refractivity contribution in [1.82, 2.24) is 4.98 Å². The normalized spacial score (nSPS) is 19.9. The van der Waals surface area contributed by atoms with Gasteiger partial charge in [0.2, 0.25) is 0 Å². The van der Waals surface area contributed by atoms with E-state index in [1.807, 2.05) is 0 Å². The van der Waals surface area contributed by atoms with Crippen molar-refractivity contribution in [3.8, 4) is 0 Å². The quantitative estimate of drug-likeness (QED) is 0.868. The lowest BCUT2D eigenvalue weighted by molar-refractivity contribution is 0.658. The van der Waals surface area contributed by atoms with Crippen LogP contribution in [-0.4, -0.2) is 18.1 Å². The summed E-state index contributed by atoms with van der Waals surface area (Å²) in [5.74, 6) is 1.91. The zero-order chi connectivity index (χ0) is 12.3. The topological polar surface area (TPSA) is 42.1 Å². The van der Waals surface area contributed by atoms with Crippen LogP contribution < -0.4 is 10.6 Å². The highest BCUT2D eigenvalue weighted by molar-refractivity contribution is 5.43. The second kappa shape index (κ2) is 5.50. The molecule has 0 radical (unpaired) electrons. The lowest BCUT2D eigenvalue weighted by Gasteiger charge is -2.19. The second-order valence-corrected chi connectivity index (χ2v) is 5.12. The molecule has 1 saturated heterocycles. The van der Waals surface area contributed by atoms with Crippen molar-refractivity contribution in [3.63, 3.8) is 0 Å². The minimum Gasteiger partial charge on any atom is -0.356 e. The molecule has 3 heteroatoms. The van der Waals surface area contributed by atoms with Gasteiger partial charge in [0.25, 0.3) is 0 Å². The number of aromatic nitrogens is 1. The van der Waals surface area contributed by atoms with Crippen LogP contribution in [0.4, 0.5) is 5.82 Å². The van der Waals surface area contributed by atoms with E-state index in [4.69, 9.17) is 10.7 Å². The molecule has 2 rings (SSSR count). The zero-order valence-electron chi connectivity index (χ0n) is 10.9. The molecule has 0 aromatic carbocycles. The number of hydrogen-bond acceptors (Lipinski definition) is 3. The largest absolute Gasteiger partial charge is 0.356 e. The van der Waals surface area contributed by atoms with Gasteiger partial charge in [-0.3, -0.25) is 0 Å². The predicted molar refractivity (Wildman–Crippen MR) is 72.1 cm³/mol. The Morgan fingerprint density at radius 1 is 1.47 bits per heavy atom. The molecule has 0 bridgehead atoms. The molecule has 1 aliphatic heterocycles. The number of anilines is 1. The summed E-state index contributed by atoms with van der Waals surface area (Å²) in [7, 11) is 0. The summed E-state index contributed by atoms with van der Waals surface area (Å²) in [6, 6.07) is 4.30. The average Bonchev–Trinajstić information content (AvgIpc) is 2.76. The fourth-order valence-electron chi connectivity index (χ4n) is 2.44. The minimum absolute atomic E-state index is 0.607. The SMILES string of the molecule is CCCc1cc(CN)cc(N2CCC(C)C2)n1. The summed E-state index contributed by atoms with van der Waals surface area (Å²) in [5.41, 5.74) is 8.16. The van der Waals surface area contributed by atoms with E-state index in [2.05, 4.69) is 30.9 Å². The summed E-state index contributed by atoms with van der Waals surface area (Å²) >= 11 is 0. The molecule has 0 amide bonds. The van der Waals surface area contributed by atoms with Crippen molar-refractivity contribution >= 4 is 5.82 Å². The standard InChI is InChI=1S/C14H23N3/c1-3-4-13-7-12(9-15)8-14(16-13)17-6-5-11(2)10-17/h7-8,11H,3-6,9-10,15H2,1-2H3. The Hall–Kier alpha value is -1.09. The first-order valence-electron chi connectivity index (χ1n) is 6.67. The molecule has 0 spiro atoms. The maximum absolute atomic E-state index is 5.76. The minimum atomic E-state index is 0.607. The van der Waals surface area contributed by atoms with Gasteiger partial charge in [-0.05, 0) is 36.5 Å². The monoisotopic (exact) mass is 233 g/mol. The van der Waals surface area contributed by atoms with Crippen LogP contribution in [0, 0.1) is 5.92 Å². The Morgan fingerprint density at radius 3 is 2.88 bits per heavy atom. The van der Waals surface area contributed by atoms with Crippen LogP contribution in [0.3, 0.4) is 0 Å². The summed E-state index contributed by atoms with van der Waals surface area (Å²) < 4.78 is 0. The van der Waals surface area contributed by atoms with Gasteiger partial charge in [0.1, 0.15) is 5.82 Å². The Kier molecular flexibility index (Phi) is 4.00. The third kappa shape index (κ3) is 2.97. The zero-order valence-corrected chi connectivity index (χ0v) is 10.9. The van der Waals surface area contributed by atoms with Gasteiger partial charge in [0, 0.05) is 25.3 Å². The Labute approximate surface area is 104 Å². The van der Waals surface area contributed by atoms with Crippen LogP contribution in [-0.2, 0) is 13.0 Å². The number of nitrogens with zero attached hydrogens (tertiary/aromatic N) is 2. The summed E-state index contributed by atoms with van der Waals surface area (Å²) in [6.07, 6.45) is 3.46. The van der Waals surface area contributed by atoms with E-state index < -0.39 is 0 Å². The van der Waals surface area contributed by atoms with E-state index in [0.29, 0.717) is 6.54 Å². The van der Waals surface area contributed by atoms with Crippen LogP contribution in [0.15, 0.2) is 12.1 Å². The maximum Gasteiger partial charge on any atom is 0.129 e. The third-order valence-corrected chi connectivity index (χ3v) is 3.41. The molecule has 1 fully saturated rings. The van der Waals surface area contributed by atoms with Crippen molar-refractivity contribution in [2.75, 3.05) is 18.0 Å². The van der Waals surface area contributed by atoms with E-state index in [1.165, 1.54) is 17.7 Å².